The normalized spacial score (nSPS) is 13.6. The summed E-state index contributed by atoms with van der Waals surface area (Å²) in [4.78, 5) is 10.4. The van der Waals surface area contributed by atoms with Gasteiger partial charge in [-0.05, 0) is 19.8 Å². The first-order valence-corrected chi connectivity index (χ1v) is 7.49. The van der Waals surface area contributed by atoms with Gasteiger partial charge in [-0.3, -0.25) is 18.4 Å². The third kappa shape index (κ3) is 8.50. The van der Waals surface area contributed by atoms with Gasteiger partial charge in [-0.15, -0.1) is 0 Å². The quantitative estimate of drug-likeness (QED) is 0.424. The first kappa shape index (κ1) is 16.8. The molecule has 0 spiro atoms. The maximum Gasteiger partial charge on any atom is 0.475 e. The van der Waals surface area contributed by atoms with Crippen molar-refractivity contribution in [2.45, 2.75) is 52.6 Å². The van der Waals surface area contributed by atoms with Gasteiger partial charge in [0.15, 0.2) is 0 Å². The highest BCUT2D eigenvalue weighted by molar-refractivity contribution is 7.48. The molecule has 0 heterocycles. The summed E-state index contributed by atoms with van der Waals surface area (Å²) in [6, 6.07) is 0. The molecule has 0 saturated carbocycles. The molecule has 0 aliphatic rings. The Morgan fingerprint density at radius 1 is 1.12 bits per heavy atom. The molecule has 0 aromatic carbocycles. The fourth-order valence-corrected chi connectivity index (χ4v) is 2.29. The van der Waals surface area contributed by atoms with E-state index in [9.17, 15) is 9.36 Å². The summed E-state index contributed by atoms with van der Waals surface area (Å²) in [7, 11) is -3.61. The van der Waals surface area contributed by atoms with Crippen molar-refractivity contribution < 1.29 is 22.9 Å². The molecule has 0 saturated heterocycles. The molecule has 5 nitrogen and oxygen atoms in total. The molecule has 0 N–H and O–H groups in total. The van der Waals surface area contributed by atoms with Crippen LogP contribution in [-0.4, -0.2) is 25.6 Å². The Labute approximate surface area is 103 Å². The van der Waals surface area contributed by atoms with E-state index in [4.69, 9.17) is 13.6 Å². The van der Waals surface area contributed by atoms with E-state index in [0.717, 1.165) is 25.7 Å². The van der Waals surface area contributed by atoms with E-state index in [0.29, 0.717) is 13.2 Å². The van der Waals surface area contributed by atoms with Gasteiger partial charge in [0, 0.05) is 0 Å². The predicted molar refractivity (Wildman–Crippen MR) is 65.6 cm³/mol. The molecule has 0 aliphatic carbocycles. The van der Waals surface area contributed by atoms with Gasteiger partial charge in [0.05, 0.1) is 13.2 Å². The topological polar surface area (TPSA) is 61.8 Å². The lowest BCUT2D eigenvalue weighted by molar-refractivity contribution is 0.101. The minimum atomic E-state index is -3.61. The molecular weight excluding hydrogens is 243 g/mol. The average Bonchev–Trinajstić information content (AvgIpc) is 2.29. The smallest absolute Gasteiger partial charge is 0.288 e. The van der Waals surface area contributed by atoms with Crippen LogP contribution in [0, 0.1) is 0 Å². The van der Waals surface area contributed by atoms with E-state index in [1.165, 1.54) is 6.92 Å². The lowest BCUT2D eigenvalue weighted by Gasteiger charge is -2.19. The Morgan fingerprint density at radius 2 is 1.59 bits per heavy atom. The molecule has 6 heteroatoms. The van der Waals surface area contributed by atoms with Gasteiger partial charge in [-0.2, -0.15) is 0 Å². The average molecular weight is 265 g/mol. The Hall–Kier alpha value is -0.220. The molecule has 1 atom stereocenters. The minimum absolute atomic E-state index is 0.297. The number of hydrogen-bond acceptors (Lipinski definition) is 5. The summed E-state index contributed by atoms with van der Waals surface area (Å²) >= 11 is 0. The SMILES string of the molecule is CCCCOP(=O)(OCCCC)OC(C)[C]=O. The van der Waals surface area contributed by atoms with Gasteiger partial charge in [0.1, 0.15) is 6.10 Å². The Morgan fingerprint density at radius 3 is 1.94 bits per heavy atom. The van der Waals surface area contributed by atoms with Crippen molar-refractivity contribution in [2.75, 3.05) is 13.2 Å². The first-order chi connectivity index (χ1) is 8.08. The molecule has 0 bridgehead atoms. The zero-order valence-electron chi connectivity index (χ0n) is 10.8. The van der Waals surface area contributed by atoms with Crippen molar-refractivity contribution in [1.29, 1.82) is 0 Å². The van der Waals surface area contributed by atoms with Crippen molar-refractivity contribution in [2.24, 2.45) is 0 Å². The molecule has 0 rings (SSSR count). The molecule has 0 amide bonds. The Kier molecular flexibility index (Phi) is 9.65. The minimum Gasteiger partial charge on any atom is -0.288 e. The largest absolute Gasteiger partial charge is 0.475 e. The first-order valence-electron chi connectivity index (χ1n) is 6.03. The third-order valence-electron chi connectivity index (χ3n) is 1.95. The van der Waals surface area contributed by atoms with Crippen molar-refractivity contribution >= 4 is 14.1 Å². The van der Waals surface area contributed by atoms with E-state index in [-0.39, 0.29) is 0 Å². The molecule has 17 heavy (non-hydrogen) atoms. The summed E-state index contributed by atoms with van der Waals surface area (Å²) in [5.74, 6) is 0. The highest BCUT2D eigenvalue weighted by Crippen LogP contribution is 2.50. The fraction of sp³-hybridized carbons (Fsp3) is 0.909. The van der Waals surface area contributed by atoms with Crippen LogP contribution in [0.5, 0.6) is 0 Å². The number of carbonyl (C=O) groups excluding carboxylic acids is 1. The number of hydrogen-bond donors (Lipinski definition) is 0. The standard InChI is InChI=1S/C11H22O5P/c1-4-6-8-14-17(13,15-9-7-5-2)16-11(3)10-12/h11H,4-9H2,1-3H3. The Bertz CT molecular complexity index is 230. The zero-order valence-corrected chi connectivity index (χ0v) is 11.7. The maximum atomic E-state index is 12.1. The Balaban J connectivity index is 4.23. The second kappa shape index (κ2) is 9.77. The number of phosphoric ester groups is 1. The lowest BCUT2D eigenvalue weighted by Crippen LogP contribution is -2.11. The lowest BCUT2D eigenvalue weighted by atomic mass is 10.4. The van der Waals surface area contributed by atoms with Crippen LogP contribution in [0.3, 0.4) is 0 Å². The van der Waals surface area contributed by atoms with Crippen molar-refractivity contribution in [1.82, 2.24) is 0 Å². The summed E-state index contributed by atoms with van der Waals surface area (Å²) in [6.07, 6.45) is 4.06. The van der Waals surface area contributed by atoms with Crippen molar-refractivity contribution in [3.05, 3.63) is 0 Å². The van der Waals surface area contributed by atoms with Gasteiger partial charge in [-0.25, -0.2) is 4.57 Å². The van der Waals surface area contributed by atoms with E-state index >= 15 is 0 Å². The molecule has 1 radical (unpaired) electrons. The molecule has 1 unspecified atom stereocenters. The number of phosphoric acid groups is 1. The summed E-state index contributed by atoms with van der Waals surface area (Å²) in [5, 5.41) is 0. The van der Waals surface area contributed by atoms with Gasteiger partial charge < -0.3 is 0 Å². The molecule has 0 aromatic heterocycles. The second-order valence-corrected chi connectivity index (χ2v) is 5.31. The van der Waals surface area contributed by atoms with E-state index in [1.54, 1.807) is 6.29 Å². The molecule has 0 fully saturated rings. The van der Waals surface area contributed by atoms with Crippen molar-refractivity contribution in [3.63, 3.8) is 0 Å². The van der Waals surface area contributed by atoms with Crippen LogP contribution in [0.1, 0.15) is 46.5 Å². The molecule has 0 aromatic rings. The molecule has 101 valence electrons. The second-order valence-electron chi connectivity index (χ2n) is 3.69. The van der Waals surface area contributed by atoms with Crippen LogP contribution in [0.2, 0.25) is 0 Å². The van der Waals surface area contributed by atoms with Crippen LogP contribution in [0.25, 0.3) is 0 Å². The zero-order chi connectivity index (χ0) is 13.1. The molecular formula is C11H22O5P. The highest BCUT2D eigenvalue weighted by atomic mass is 31.2. The monoisotopic (exact) mass is 265 g/mol. The van der Waals surface area contributed by atoms with Gasteiger partial charge in [0.25, 0.3) is 0 Å². The van der Waals surface area contributed by atoms with Crippen LogP contribution >= 0.6 is 7.82 Å². The third-order valence-corrected chi connectivity index (χ3v) is 3.52. The summed E-state index contributed by atoms with van der Waals surface area (Å²) < 4.78 is 27.3. The predicted octanol–water partition coefficient (Wildman–Crippen LogP) is 3.24. The number of rotatable bonds is 11. The van der Waals surface area contributed by atoms with Gasteiger partial charge in [0.2, 0.25) is 6.29 Å². The summed E-state index contributed by atoms with van der Waals surface area (Å²) in [5.41, 5.74) is 0. The van der Waals surface area contributed by atoms with Gasteiger partial charge in [-0.1, -0.05) is 26.7 Å². The van der Waals surface area contributed by atoms with Crippen molar-refractivity contribution in [3.8, 4) is 0 Å². The van der Waals surface area contributed by atoms with E-state index in [2.05, 4.69) is 0 Å². The number of unbranched alkanes of at least 4 members (excludes halogenated alkanes) is 2. The van der Waals surface area contributed by atoms with Gasteiger partial charge >= 0.3 is 7.82 Å². The van der Waals surface area contributed by atoms with Crippen LogP contribution in [0.15, 0.2) is 0 Å². The van der Waals surface area contributed by atoms with E-state index in [1.807, 2.05) is 13.8 Å². The van der Waals surface area contributed by atoms with E-state index < -0.39 is 13.9 Å². The van der Waals surface area contributed by atoms with Crippen LogP contribution < -0.4 is 0 Å². The molecule has 0 aliphatic heterocycles. The highest BCUT2D eigenvalue weighted by Gasteiger charge is 2.29. The maximum absolute atomic E-state index is 12.1. The van der Waals surface area contributed by atoms with Crippen LogP contribution in [-0.2, 0) is 22.9 Å². The summed E-state index contributed by atoms with van der Waals surface area (Å²) in [6.45, 7) is 6.03. The van der Waals surface area contributed by atoms with Crippen LogP contribution in [0.4, 0.5) is 0 Å². The fourth-order valence-electron chi connectivity index (χ4n) is 0.955.